The molecule has 0 spiro atoms. The first kappa shape index (κ1) is 19.3. The fourth-order valence-electron chi connectivity index (χ4n) is 2.36. The number of halogens is 1. The average molecular weight is 397 g/mol. The van der Waals surface area contributed by atoms with Crippen LogP contribution in [0, 0.1) is 6.92 Å². The van der Waals surface area contributed by atoms with Crippen molar-refractivity contribution in [3.63, 3.8) is 0 Å². The molecule has 0 saturated carbocycles. The van der Waals surface area contributed by atoms with Gasteiger partial charge in [-0.25, -0.2) is 14.8 Å². The third kappa shape index (κ3) is 4.63. The molecule has 3 aromatic rings. The van der Waals surface area contributed by atoms with Crippen LogP contribution in [-0.2, 0) is 4.74 Å². The first-order valence-electron chi connectivity index (χ1n) is 8.32. The molecule has 3 rings (SSSR count). The van der Waals surface area contributed by atoms with E-state index in [4.69, 9.17) is 16.3 Å². The fourth-order valence-corrected chi connectivity index (χ4v) is 2.53. The number of aryl methyl sites for hydroxylation is 1. The van der Waals surface area contributed by atoms with Crippen molar-refractivity contribution in [1.82, 2.24) is 9.97 Å². The van der Waals surface area contributed by atoms with E-state index in [0.29, 0.717) is 22.0 Å². The maximum absolute atomic E-state index is 12.4. The topological polar surface area (TPSA) is 93.2 Å². The van der Waals surface area contributed by atoms with E-state index in [-0.39, 0.29) is 17.5 Å². The molecule has 0 aliphatic carbocycles. The molecule has 142 valence electrons. The minimum absolute atomic E-state index is 0.167. The second-order valence-corrected chi connectivity index (χ2v) is 6.30. The number of hydrogen-bond acceptors (Lipinski definition) is 6. The van der Waals surface area contributed by atoms with Gasteiger partial charge in [-0.2, -0.15) is 0 Å². The number of hydrogen-bond donors (Lipinski definition) is 2. The summed E-state index contributed by atoms with van der Waals surface area (Å²) >= 11 is 6.17. The molecule has 0 bridgehead atoms. The van der Waals surface area contributed by atoms with Crippen LogP contribution in [0.2, 0.25) is 5.02 Å². The Kier molecular flexibility index (Phi) is 5.86. The van der Waals surface area contributed by atoms with Crippen molar-refractivity contribution in [3.05, 3.63) is 76.6 Å². The zero-order valence-corrected chi connectivity index (χ0v) is 15.9. The van der Waals surface area contributed by atoms with Crippen LogP contribution < -0.4 is 10.6 Å². The Morgan fingerprint density at radius 2 is 1.82 bits per heavy atom. The highest BCUT2D eigenvalue weighted by Gasteiger charge is 2.12. The highest BCUT2D eigenvalue weighted by molar-refractivity contribution is 6.33. The number of nitrogens with one attached hydrogen (secondary N) is 2. The maximum Gasteiger partial charge on any atom is 0.337 e. The molecule has 0 fully saturated rings. The van der Waals surface area contributed by atoms with E-state index in [1.807, 2.05) is 31.2 Å². The van der Waals surface area contributed by atoms with Crippen LogP contribution in [0.3, 0.4) is 0 Å². The summed E-state index contributed by atoms with van der Waals surface area (Å²) in [5.74, 6) is -0.698. The minimum atomic E-state index is -0.494. The molecule has 0 aliphatic rings. The zero-order chi connectivity index (χ0) is 20.1. The summed E-state index contributed by atoms with van der Waals surface area (Å²) in [6.07, 6.45) is 1.46. The van der Waals surface area contributed by atoms with Gasteiger partial charge in [0.05, 0.1) is 23.4 Å². The second-order valence-electron chi connectivity index (χ2n) is 5.90. The molecule has 2 aromatic carbocycles. The Labute approximate surface area is 166 Å². The number of amides is 1. The minimum Gasteiger partial charge on any atom is -0.465 e. The quantitative estimate of drug-likeness (QED) is 0.627. The largest absolute Gasteiger partial charge is 0.465 e. The lowest BCUT2D eigenvalue weighted by Crippen LogP contribution is -2.14. The van der Waals surface area contributed by atoms with Gasteiger partial charge in [-0.3, -0.25) is 4.79 Å². The van der Waals surface area contributed by atoms with Crippen LogP contribution >= 0.6 is 11.6 Å². The summed E-state index contributed by atoms with van der Waals surface area (Å²) in [5, 5.41) is 6.06. The van der Waals surface area contributed by atoms with Crippen molar-refractivity contribution in [3.8, 4) is 0 Å². The van der Waals surface area contributed by atoms with Crippen molar-refractivity contribution in [2.45, 2.75) is 6.92 Å². The van der Waals surface area contributed by atoms with Gasteiger partial charge in [0.2, 0.25) is 5.95 Å². The Morgan fingerprint density at radius 1 is 1.07 bits per heavy atom. The summed E-state index contributed by atoms with van der Waals surface area (Å²) in [6, 6.07) is 13.6. The molecule has 1 amide bonds. The second kappa shape index (κ2) is 8.49. The summed E-state index contributed by atoms with van der Waals surface area (Å²) < 4.78 is 4.70. The summed E-state index contributed by atoms with van der Waals surface area (Å²) in [5.41, 5.74) is 2.68. The number of rotatable bonds is 5. The van der Waals surface area contributed by atoms with E-state index in [2.05, 4.69) is 20.6 Å². The van der Waals surface area contributed by atoms with Crippen molar-refractivity contribution in [2.75, 3.05) is 17.7 Å². The van der Waals surface area contributed by atoms with Crippen LogP contribution in [0.15, 0.2) is 54.7 Å². The van der Waals surface area contributed by atoms with Crippen molar-refractivity contribution in [2.24, 2.45) is 0 Å². The number of methoxy groups -OCH3 is 1. The lowest BCUT2D eigenvalue weighted by Gasteiger charge is -2.10. The predicted molar refractivity (Wildman–Crippen MR) is 107 cm³/mol. The van der Waals surface area contributed by atoms with Crippen molar-refractivity contribution < 1.29 is 14.3 Å². The van der Waals surface area contributed by atoms with Gasteiger partial charge < -0.3 is 15.4 Å². The van der Waals surface area contributed by atoms with Gasteiger partial charge in [-0.05, 0) is 43.3 Å². The first-order chi connectivity index (χ1) is 13.5. The smallest absolute Gasteiger partial charge is 0.337 e. The summed E-state index contributed by atoms with van der Waals surface area (Å²) in [6.45, 7) is 1.97. The molecular weight excluding hydrogens is 380 g/mol. The molecular formula is C20H17ClN4O3. The maximum atomic E-state index is 12.4. The van der Waals surface area contributed by atoms with Crippen LogP contribution in [-0.4, -0.2) is 29.0 Å². The molecule has 0 saturated heterocycles. The van der Waals surface area contributed by atoms with Gasteiger partial charge >= 0.3 is 5.97 Å². The molecule has 28 heavy (non-hydrogen) atoms. The van der Waals surface area contributed by atoms with Gasteiger partial charge in [0.1, 0.15) is 5.69 Å². The number of carbonyl (C=O) groups is 2. The fraction of sp³-hybridized carbons (Fsp3) is 0.100. The Hall–Kier alpha value is -3.45. The number of esters is 1. The number of anilines is 3. The molecule has 1 heterocycles. The molecule has 0 aliphatic heterocycles. The van der Waals surface area contributed by atoms with E-state index in [1.54, 1.807) is 12.1 Å². The van der Waals surface area contributed by atoms with E-state index in [9.17, 15) is 9.59 Å². The summed E-state index contributed by atoms with van der Waals surface area (Å²) in [7, 11) is 1.29. The molecule has 2 N–H and O–H groups in total. The number of ether oxygens (including phenoxy) is 1. The molecule has 7 nitrogen and oxygen atoms in total. The summed E-state index contributed by atoms with van der Waals surface area (Å²) in [4.78, 5) is 32.4. The Morgan fingerprint density at radius 3 is 2.54 bits per heavy atom. The SMILES string of the molecule is COC(=O)c1ccc(Cl)c(Nc2nccc(C(=O)Nc3ccc(C)cc3)n2)c1. The third-order valence-electron chi connectivity index (χ3n) is 3.83. The monoisotopic (exact) mass is 396 g/mol. The number of carbonyl (C=O) groups excluding carboxylic acids is 2. The van der Waals surface area contributed by atoms with E-state index in [1.165, 1.54) is 25.4 Å². The lowest BCUT2D eigenvalue weighted by atomic mass is 10.2. The van der Waals surface area contributed by atoms with Gasteiger partial charge in [0.15, 0.2) is 0 Å². The predicted octanol–water partition coefficient (Wildman–Crippen LogP) is 4.22. The Balaban J connectivity index is 1.79. The normalized spacial score (nSPS) is 10.2. The van der Waals surface area contributed by atoms with Crippen molar-refractivity contribution in [1.29, 1.82) is 0 Å². The first-order valence-corrected chi connectivity index (χ1v) is 8.70. The van der Waals surface area contributed by atoms with Crippen LogP contribution in [0.5, 0.6) is 0 Å². The molecule has 0 atom stereocenters. The lowest BCUT2D eigenvalue weighted by molar-refractivity contribution is 0.0600. The third-order valence-corrected chi connectivity index (χ3v) is 4.16. The van der Waals surface area contributed by atoms with Crippen LogP contribution in [0.1, 0.15) is 26.4 Å². The van der Waals surface area contributed by atoms with Gasteiger partial charge in [-0.1, -0.05) is 29.3 Å². The van der Waals surface area contributed by atoms with Gasteiger partial charge in [0, 0.05) is 11.9 Å². The molecule has 1 aromatic heterocycles. The molecule has 0 unspecified atom stereocenters. The number of aromatic nitrogens is 2. The van der Waals surface area contributed by atoms with Crippen molar-refractivity contribution >= 4 is 40.8 Å². The highest BCUT2D eigenvalue weighted by atomic mass is 35.5. The van der Waals surface area contributed by atoms with Gasteiger partial charge in [-0.15, -0.1) is 0 Å². The van der Waals surface area contributed by atoms with Crippen LogP contribution in [0.4, 0.5) is 17.3 Å². The Bertz CT molecular complexity index is 1020. The standard InChI is InChI=1S/C20H17ClN4O3/c1-12-3-6-14(7-4-12)23-18(26)16-9-10-22-20(24-16)25-17-11-13(19(27)28-2)5-8-15(17)21/h3-11H,1-2H3,(H,23,26)(H,22,24,25). The van der Waals surface area contributed by atoms with Crippen LogP contribution in [0.25, 0.3) is 0 Å². The number of nitrogens with zero attached hydrogens (tertiary/aromatic N) is 2. The average Bonchev–Trinajstić information content (AvgIpc) is 2.71. The molecule has 0 radical (unpaired) electrons. The van der Waals surface area contributed by atoms with Gasteiger partial charge in [0.25, 0.3) is 5.91 Å². The molecule has 8 heteroatoms. The zero-order valence-electron chi connectivity index (χ0n) is 15.2. The van der Waals surface area contributed by atoms with E-state index >= 15 is 0 Å². The van der Waals surface area contributed by atoms with E-state index < -0.39 is 5.97 Å². The number of benzene rings is 2. The highest BCUT2D eigenvalue weighted by Crippen LogP contribution is 2.25. The van der Waals surface area contributed by atoms with E-state index in [0.717, 1.165) is 5.56 Å².